The zero-order valence-corrected chi connectivity index (χ0v) is 39.5. The molecule has 0 bridgehead atoms. The van der Waals surface area contributed by atoms with E-state index in [1.807, 2.05) is 59.5 Å². The second-order valence-corrected chi connectivity index (χ2v) is 18.8. The number of benzene rings is 5. The van der Waals surface area contributed by atoms with Gasteiger partial charge in [0.05, 0.1) is 81.1 Å². The van der Waals surface area contributed by atoms with Gasteiger partial charge in [-0.15, -0.1) is 0 Å². The number of hydrogen-bond acceptors (Lipinski definition) is 13. The van der Waals surface area contributed by atoms with E-state index in [0.29, 0.717) is 110 Å². The van der Waals surface area contributed by atoms with Gasteiger partial charge in [-0.2, -0.15) is 12.6 Å². The summed E-state index contributed by atoms with van der Waals surface area (Å²) in [4.78, 5) is 37.1. The number of ether oxygens (including phenoxy) is 7. The maximum atomic E-state index is 14.1. The fraction of sp³-hybridized carbons (Fsp3) is 0.365. The minimum atomic E-state index is -0.352. The van der Waals surface area contributed by atoms with Gasteiger partial charge in [-0.1, -0.05) is 36.4 Å². The Morgan fingerprint density at radius 3 is 2.13 bits per heavy atom. The van der Waals surface area contributed by atoms with Crippen LogP contribution in [0.4, 0.5) is 17.1 Å². The molecule has 0 unspecified atom stereocenters. The third-order valence-electron chi connectivity index (χ3n) is 12.2. The van der Waals surface area contributed by atoms with E-state index >= 15 is 0 Å². The first-order valence-corrected chi connectivity index (χ1v) is 23.1. The first kappa shape index (κ1) is 45.9. The van der Waals surface area contributed by atoms with Crippen molar-refractivity contribution in [1.82, 2.24) is 9.55 Å². The maximum absolute atomic E-state index is 14.1. The number of rotatable bonds is 20. The molecule has 1 N–H and O–H groups in total. The lowest BCUT2D eigenvalue weighted by molar-refractivity contribution is 0.0264. The minimum absolute atomic E-state index is 0.00609. The number of amides is 1. The molecule has 3 aliphatic heterocycles. The molecule has 0 saturated heterocycles. The molecule has 5 aromatic carbocycles. The van der Waals surface area contributed by atoms with Gasteiger partial charge in [0, 0.05) is 61.4 Å². The van der Waals surface area contributed by atoms with Crippen molar-refractivity contribution in [3.8, 4) is 28.7 Å². The van der Waals surface area contributed by atoms with Crippen molar-refractivity contribution in [1.29, 1.82) is 0 Å². The molecule has 0 fully saturated rings. The summed E-state index contributed by atoms with van der Waals surface area (Å²) in [5.41, 5.74) is 8.29. The van der Waals surface area contributed by atoms with E-state index < -0.39 is 0 Å². The molecular formula is C52H57N5O9S. The first-order valence-electron chi connectivity index (χ1n) is 22.6. The number of nitrogens with zero attached hydrogens (tertiary/aromatic N) is 4. The van der Waals surface area contributed by atoms with E-state index in [1.54, 1.807) is 44.1 Å². The topological polar surface area (TPSA) is 135 Å². The smallest absolute Gasteiger partial charge is 0.266 e. The van der Waals surface area contributed by atoms with Crippen LogP contribution in [0.2, 0.25) is 0 Å². The lowest BCUT2D eigenvalue weighted by atomic mass is 10.1. The number of anilines is 3. The highest BCUT2D eigenvalue weighted by Gasteiger charge is 2.38. The van der Waals surface area contributed by atoms with Crippen LogP contribution >= 0.6 is 12.6 Å². The molecule has 0 aliphatic carbocycles. The lowest BCUT2D eigenvalue weighted by Gasteiger charge is -2.32. The molecule has 6 aromatic rings. The molecule has 15 heteroatoms. The Labute approximate surface area is 396 Å². The van der Waals surface area contributed by atoms with E-state index in [-0.39, 0.29) is 35.5 Å². The van der Waals surface area contributed by atoms with Crippen LogP contribution in [0.5, 0.6) is 23.0 Å². The normalized spacial score (nSPS) is 14.7. The highest BCUT2D eigenvalue weighted by molar-refractivity contribution is 7.81. The van der Waals surface area contributed by atoms with Crippen LogP contribution < -0.4 is 39.6 Å². The molecule has 1 atom stereocenters. The van der Waals surface area contributed by atoms with Gasteiger partial charge in [-0.3, -0.25) is 14.2 Å². The van der Waals surface area contributed by atoms with Crippen molar-refractivity contribution >= 4 is 46.5 Å². The fourth-order valence-corrected chi connectivity index (χ4v) is 9.33. The van der Waals surface area contributed by atoms with Gasteiger partial charge in [-0.25, -0.2) is 4.98 Å². The van der Waals surface area contributed by atoms with Gasteiger partial charge in [0.1, 0.15) is 19.0 Å². The second-order valence-electron chi connectivity index (χ2n) is 17.6. The van der Waals surface area contributed by atoms with Gasteiger partial charge < -0.3 is 48.3 Å². The minimum Gasteiger partial charge on any atom is -0.493 e. The third-order valence-corrected chi connectivity index (χ3v) is 12.4. The standard InChI is InChI=1S/C52H57N5O9S/c1-52(2,67)32-55(14-15-63-18-19-64-17-16-60-3)37-21-33(30-65-47-27-41-39(25-45(47)61-4)50(58)56-38(29-53-41)23-35-10-6-8-12-43(35)56)20-34(22-37)31-66-48-28-42-40(26-46(48)62-5)51(59)57-44-13-9-7-11-36(44)24-49(57)54-42/h6-13,20-22,25-28,38,53,67H,14-19,23-24,29-32H2,1-5H3/t38-/m0/s1. The molecule has 67 heavy (non-hydrogen) atoms. The zero-order valence-electron chi connectivity index (χ0n) is 38.6. The van der Waals surface area contributed by atoms with Crippen LogP contribution in [0.3, 0.4) is 0 Å². The number of para-hydroxylation sites is 2. The van der Waals surface area contributed by atoms with Crippen molar-refractivity contribution in [2.75, 3.05) is 89.1 Å². The van der Waals surface area contributed by atoms with E-state index in [4.69, 9.17) is 50.8 Å². The van der Waals surface area contributed by atoms with Gasteiger partial charge in [0.15, 0.2) is 23.0 Å². The number of carbonyl (C=O) groups excluding carboxylic acids is 1. The number of aromatic nitrogens is 2. The zero-order chi connectivity index (χ0) is 46.7. The molecule has 1 aromatic heterocycles. The fourth-order valence-electron chi connectivity index (χ4n) is 9.16. The lowest BCUT2D eigenvalue weighted by Crippen LogP contribution is -2.39. The van der Waals surface area contributed by atoms with Crippen molar-refractivity contribution < 1.29 is 38.0 Å². The van der Waals surface area contributed by atoms with Crippen LogP contribution in [0.15, 0.2) is 95.8 Å². The Balaban J connectivity index is 0.999. The number of carbonyl (C=O) groups is 1. The van der Waals surface area contributed by atoms with Crippen LogP contribution in [0.25, 0.3) is 16.6 Å². The summed E-state index contributed by atoms with van der Waals surface area (Å²) in [6, 6.07) is 29.3. The quantitative estimate of drug-likeness (QED) is 0.0575. The van der Waals surface area contributed by atoms with Crippen LogP contribution in [-0.2, 0) is 40.3 Å². The number of nitrogens with one attached hydrogen (secondary N) is 1. The predicted octanol–water partition coefficient (Wildman–Crippen LogP) is 7.66. The van der Waals surface area contributed by atoms with Crippen molar-refractivity contribution in [3.63, 3.8) is 0 Å². The van der Waals surface area contributed by atoms with Gasteiger partial charge >= 0.3 is 0 Å². The predicted molar refractivity (Wildman–Crippen MR) is 263 cm³/mol. The molecule has 9 rings (SSSR count). The summed E-state index contributed by atoms with van der Waals surface area (Å²) < 4.78 is 42.9. The van der Waals surface area contributed by atoms with E-state index in [1.165, 1.54) is 0 Å². The van der Waals surface area contributed by atoms with Gasteiger partial charge in [0.25, 0.3) is 11.5 Å². The summed E-state index contributed by atoms with van der Waals surface area (Å²) in [5.74, 6) is 2.44. The highest BCUT2D eigenvalue weighted by Crippen LogP contribution is 2.41. The Hall–Kier alpha value is -6.26. The number of fused-ring (bicyclic) bond motifs is 8. The summed E-state index contributed by atoms with van der Waals surface area (Å²) in [7, 11) is 4.79. The van der Waals surface area contributed by atoms with Crippen LogP contribution in [0.1, 0.15) is 52.3 Å². The van der Waals surface area contributed by atoms with E-state index in [2.05, 4.69) is 42.3 Å². The van der Waals surface area contributed by atoms with Gasteiger partial charge in [0.2, 0.25) is 0 Å². The van der Waals surface area contributed by atoms with Crippen molar-refractivity contribution in [2.45, 2.75) is 50.7 Å². The number of hydrogen-bond donors (Lipinski definition) is 2. The first-order chi connectivity index (χ1) is 32.5. The van der Waals surface area contributed by atoms with Crippen LogP contribution in [-0.4, -0.2) is 100 Å². The summed E-state index contributed by atoms with van der Waals surface area (Å²) in [6.07, 6.45) is 1.35. The van der Waals surface area contributed by atoms with Gasteiger partial charge in [-0.05, 0) is 85.0 Å². The molecule has 350 valence electrons. The van der Waals surface area contributed by atoms with Crippen LogP contribution in [0, 0.1) is 0 Å². The molecule has 0 saturated carbocycles. The molecule has 1 amide bonds. The molecular weight excluding hydrogens is 871 g/mol. The summed E-state index contributed by atoms with van der Waals surface area (Å²) >= 11 is 4.94. The molecule has 14 nitrogen and oxygen atoms in total. The van der Waals surface area contributed by atoms with Crippen molar-refractivity contribution in [3.05, 3.63) is 135 Å². The monoisotopic (exact) mass is 927 g/mol. The second kappa shape index (κ2) is 19.9. The maximum Gasteiger partial charge on any atom is 0.266 e. The molecule has 4 heterocycles. The Morgan fingerprint density at radius 1 is 0.761 bits per heavy atom. The summed E-state index contributed by atoms with van der Waals surface area (Å²) in [6.45, 7) is 8.73. The number of methoxy groups -OCH3 is 3. The Morgan fingerprint density at radius 2 is 1.42 bits per heavy atom. The van der Waals surface area contributed by atoms with Crippen molar-refractivity contribution in [2.24, 2.45) is 0 Å². The summed E-state index contributed by atoms with van der Waals surface area (Å²) in [5, 5.41) is 3.98. The molecule has 0 spiro atoms. The third kappa shape index (κ3) is 9.91. The Bertz CT molecular complexity index is 2840. The largest absolute Gasteiger partial charge is 0.493 e. The Kier molecular flexibility index (Phi) is 13.6. The number of thiol groups is 1. The van der Waals surface area contributed by atoms with E-state index in [9.17, 15) is 9.59 Å². The SMILES string of the molecule is COCCOCCOCCN(CC(C)(C)S)c1cc(COc2cc3c(cc2OC)C(=O)N2c4ccccc4C[C@H]2CN3)cc(COc2cc3nc4n(c(=O)c3cc2OC)-c2ccccc2C4)c1. The average molecular weight is 928 g/mol. The molecule has 0 radical (unpaired) electrons. The molecule has 3 aliphatic rings. The highest BCUT2D eigenvalue weighted by atomic mass is 32.1. The average Bonchev–Trinajstić information content (AvgIpc) is 3.86. The van der Waals surface area contributed by atoms with E-state index in [0.717, 1.165) is 45.7 Å².